The van der Waals surface area contributed by atoms with E-state index in [1.165, 1.54) is 0 Å². The van der Waals surface area contributed by atoms with E-state index in [0.29, 0.717) is 24.5 Å². The Kier molecular flexibility index (Phi) is 5.35. The van der Waals surface area contributed by atoms with Crippen LogP contribution in [0.3, 0.4) is 0 Å². The number of aliphatic hydroxyl groups excluding tert-OH is 1. The summed E-state index contributed by atoms with van der Waals surface area (Å²) >= 11 is 0. The molecule has 0 bridgehead atoms. The molecule has 0 atom stereocenters. The number of ether oxygens (including phenoxy) is 2. The third-order valence-electron chi connectivity index (χ3n) is 2.98. The topological polar surface area (TPSA) is 55.8 Å². The van der Waals surface area contributed by atoms with Gasteiger partial charge in [0.15, 0.2) is 0 Å². The molecule has 0 spiro atoms. The first-order valence-corrected chi connectivity index (χ1v) is 6.81. The van der Waals surface area contributed by atoms with Crippen molar-refractivity contribution < 1.29 is 19.4 Å². The van der Waals surface area contributed by atoms with E-state index in [1.807, 2.05) is 24.3 Å². The molecule has 0 amide bonds. The van der Waals surface area contributed by atoms with E-state index in [-0.39, 0.29) is 12.6 Å². The summed E-state index contributed by atoms with van der Waals surface area (Å²) in [6, 6.07) is 14.4. The summed E-state index contributed by atoms with van der Waals surface area (Å²) in [5.74, 6) is 0.359. The minimum absolute atomic E-state index is 0.0382. The van der Waals surface area contributed by atoms with E-state index < -0.39 is 0 Å². The number of benzene rings is 2. The van der Waals surface area contributed by atoms with Gasteiger partial charge in [-0.1, -0.05) is 24.3 Å². The summed E-state index contributed by atoms with van der Waals surface area (Å²) < 4.78 is 10.6. The maximum Gasteiger partial charge on any atom is 0.338 e. The number of carbonyl (C=O) groups excluding carboxylic acids is 1. The second-order valence-electron chi connectivity index (χ2n) is 4.51. The highest BCUT2D eigenvalue weighted by Gasteiger charge is 2.05. The van der Waals surface area contributed by atoms with Gasteiger partial charge in [0.05, 0.1) is 18.8 Å². The fourth-order valence-corrected chi connectivity index (χ4v) is 1.81. The Balaban J connectivity index is 1.92. The number of esters is 1. The first-order valence-electron chi connectivity index (χ1n) is 6.81. The molecule has 0 saturated carbocycles. The van der Waals surface area contributed by atoms with Crippen LogP contribution in [0.25, 0.3) is 0 Å². The Labute approximate surface area is 123 Å². The maximum absolute atomic E-state index is 11.5. The largest absolute Gasteiger partial charge is 0.489 e. The molecule has 0 fully saturated rings. The van der Waals surface area contributed by atoms with Crippen molar-refractivity contribution in [1.29, 1.82) is 0 Å². The Morgan fingerprint density at radius 3 is 2.19 bits per heavy atom. The molecule has 0 aromatic heterocycles. The molecule has 4 heteroatoms. The average molecular weight is 286 g/mol. The number of hydrogen-bond donors (Lipinski definition) is 1. The average Bonchev–Trinajstić information content (AvgIpc) is 2.54. The van der Waals surface area contributed by atoms with Crippen molar-refractivity contribution in [1.82, 2.24) is 0 Å². The van der Waals surface area contributed by atoms with Crippen LogP contribution in [0.4, 0.5) is 0 Å². The standard InChI is InChI=1S/C17H18O4/c1-2-20-17(19)15-7-9-16(10-8-15)21-12-14-5-3-13(11-18)4-6-14/h3-10,18H,2,11-12H2,1H3. The maximum atomic E-state index is 11.5. The zero-order chi connectivity index (χ0) is 15.1. The van der Waals surface area contributed by atoms with Crippen LogP contribution in [0, 0.1) is 0 Å². The first-order chi connectivity index (χ1) is 10.2. The van der Waals surface area contributed by atoms with E-state index in [2.05, 4.69) is 0 Å². The molecule has 0 saturated heterocycles. The molecule has 2 rings (SSSR count). The molecule has 2 aromatic carbocycles. The highest BCUT2D eigenvalue weighted by molar-refractivity contribution is 5.89. The zero-order valence-electron chi connectivity index (χ0n) is 11.9. The summed E-state index contributed by atoms with van der Waals surface area (Å²) in [5.41, 5.74) is 2.40. The Hall–Kier alpha value is -2.33. The predicted molar refractivity (Wildman–Crippen MR) is 79.1 cm³/mol. The van der Waals surface area contributed by atoms with Crippen molar-refractivity contribution in [2.75, 3.05) is 6.61 Å². The number of rotatable bonds is 6. The van der Waals surface area contributed by atoms with E-state index in [9.17, 15) is 4.79 Å². The molecule has 2 aromatic rings. The monoisotopic (exact) mass is 286 g/mol. The van der Waals surface area contributed by atoms with Crippen molar-refractivity contribution in [3.05, 3.63) is 65.2 Å². The second kappa shape index (κ2) is 7.45. The van der Waals surface area contributed by atoms with Crippen LogP contribution in [0.2, 0.25) is 0 Å². The fraction of sp³-hybridized carbons (Fsp3) is 0.235. The van der Waals surface area contributed by atoms with Crippen LogP contribution in [-0.4, -0.2) is 17.7 Å². The van der Waals surface area contributed by atoms with Crippen LogP contribution in [0.1, 0.15) is 28.4 Å². The first kappa shape index (κ1) is 15.1. The summed E-state index contributed by atoms with van der Waals surface area (Å²) in [5, 5.41) is 8.98. The molecule has 0 radical (unpaired) electrons. The van der Waals surface area contributed by atoms with Crippen LogP contribution in [0.5, 0.6) is 5.75 Å². The van der Waals surface area contributed by atoms with E-state index in [4.69, 9.17) is 14.6 Å². The Morgan fingerprint density at radius 2 is 1.62 bits per heavy atom. The van der Waals surface area contributed by atoms with Crippen LogP contribution >= 0.6 is 0 Å². The van der Waals surface area contributed by atoms with Crippen molar-refractivity contribution in [2.45, 2.75) is 20.1 Å². The Morgan fingerprint density at radius 1 is 1.00 bits per heavy atom. The molecule has 0 aliphatic heterocycles. The molecule has 0 aliphatic rings. The molecule has 0 aliphatic carbocycles. The van der Waals surface area contributed by atoms with Gasteiger partial charge < -0.3 is 14.6 Å². The predicted octanol–water partition coefficient (Wildman–Crippen LogP) is 2.93. The lowest BCUT2D eigenvalue weighted by molar-refractivity contribution is 0.0526. The lowest BCUT2D eigenvalue weighted by Gasteiger charge is -2.08. The van der Waals surface area contributed by atoms with Crippen LogP contribution in [0.15, 0.2) is 48.5 Å². The van der Waals surface area contributed by atoms with Crippen molar-refractivity contribution >= 4 is 5.97 Å². The smallest absolute Gasteiger partial charge is 0.338 e. The molecule has 21 heavy (non-hydrogen) atoms. The van der Waals surface area contributed by atoms with Crippen LogP contribution in [-0.2, 0) is 18.0 Å². The minimum atomic E-state index is -0.330. The van der Waals surface area contributed by atoms with E-state index >= 15 is 0 Å². The molecule has 1 N–H and O–H groups in total. The van der Waals surface area contributed by atoms with Gasteiger partial charge in [-0.2, -0.15) is 0 Å². The van der Waals surface area contributed by atoms with Gasteiger partial charge >= 0.3 is 5.97 Å². The Bertz CT molecular complexity index is 573. The quantitative estimate of drug-likeness (QED) is 0.830. The van der Waals surface area contributed by atoms with Crippen molar-refractivity contribution in [3.8, 4) is 5.75 Å². The SMILES string of the molecule is CCOC(=O)c1ccc(OCc2ccc(CO)cc2)cc1. The van der Waals surface area contributed by atoms with Gasteiger partial charge in [-0.3, -0.25) is 0 Å². The van der Waals surface area contributed by atoms with Gasteiger partial charge in [-0.15, -0.1) is 0 Å². The third kappa shape index (κ3) is 4.33. The second-order valence-corrected chi connectivity index (χ2v) is 4.51. The highest BCUT2D eigenvalue weighted by Crippen LogP contribution is 2.15. The van der Waals surface area contributed by atoms with Gasteiger partial charge in [-0.25, -0.2) is 4.79 Å². The molecular weight excluding hydrogens is 268 g/mol. The number of carbonyl (C=O) groups is 1. The summed E-state index contributed by atoms with van der Waals surface area (Å²) in [6.45, 7) is 2.61. The molecule has 0 unspecified atom stereocenters. The zero-order valence-corrected chi connectivity index (χ0v) is 11.9. The number of hydrogen-bond acceptors (Lipinski definition) is 4. The summed E-state index contributed by atoms with van der Waals surface area (Å²) in [7, 11) is 0. The summed E-state index contributed by atoms with van der Waals surface area (Å²) in [6.07, 6.45) is 0. The third-order valence-corrected chi connectivity index (χ3v) is 2.98. The normalized spacial score (nSPS) is 10.2. The molecule has 4 nitrogen and oxygen atoms in total. The minimum Gasteiger partial charge on any atom is -0.489 e. The van der Waals surface area contributed by atoms with Crippen molar-refractivity contribution in [3.63, 3.8) is 0 Å². The lowest BCUT2D eigenvalue weighted by atomic mass is 10.1. The van der Waals surface area contributed by atoms with E-state index in [0.717, 1.165) is 11.1 Å². The summed E-state index contributed by atoms with van der Waals surface area (Å²) in [4.78, 5) is 11.5. The van der Waals surface area contributed by atoms with Gasteiger partial charge in [0.25, 0.3) is 0 Å². The fourth-order valence-electron chi connectivity index (χ4n) is 1.81. The molecule has 0 heterocycles. The van der Waals surface area contributed by atoms with Gasteiger partial charge in [0, 0.05) is 0 Å². The van der Waals surface area contributed by atoms with Gasteiger partial charge in [-0.05, 0) is 42.3 Å². The van der Waals surface area contributed by atoms with Crippen LogP contribution < -0.4 is 4.74 Å². The molecular formula is C17H18O4. The number of aliphatic hydroxyl groups is 1. The highest BCUT2D eigenvalue weighted by atomic mass is 16.5. The molecule has 110 valence electrons. The van der Waals surface area contributed by atoms with Gasteiger partial charge in [0.1, 0.15) is 12.4 Å². The van der Waals surface area contributed by atoms with Crippen molar-refractivity contribution in [2.24, 2.45) is 0 Å². The van der Waals surface area contributed by atoms with E-state index in [1.54, 1.807) is 31.2 Å². The van der Waals surface area contributed by atoms with Gasteiger partial charge in [0.2, 0.25) is 0 Å². The lowest BCUT2D eigenvalue weighted by Crippen LogP contribution is -2.04.